The van der Waals surface area contributed by atoms with Crippen molar-refractivity contribution in [3.05, 3.63) is 50.5 Å². The summed E-state index contributed by atoms with van der Waals surface area (Å²) in [5.41, 5.74) is 3.02. The minimum Gasteiger partial charge on any atom is -0.495 e. The Hall–Kier alpha value is -2.34. The Balaban J connectivity index is 0.000000231. The summed E-state index contributed by atoms with van der Waals surface area (Å²) in [6.45, 7) is 5.34. The maximum Gasteiger partial charge on any atom is 0.141 e. The molecule has 23 heavy (non-hydrogen) atoms. The highest BCUT2D eigenvalue weighted by Crippen LogP contribution is 2.23. The minimum atomic E-state index is 0.336. The molecule has 0 saturated carbocycles. The third kappa shape index (κ3) is 4.82. The van der Waals surface area contributed by atoms with E-state index < -0.39 is 0 Å². The Labute approximate surface area is 145 Å². The van der Waals surface area contributed by atoms with Gasteiger partial charge in [-0.1, -0.05) is 23.2 Å². The van der Waals surface area contributed by atoms with Crippen LogP contribution < -0.4 is 4.74 Å². The van der Waals surface area contributed by atoms with Crippen LogP contribution in [0.1, 0.15) is 28.2 Å². The fourth-order valence-corrected chi connectivity index (χ4v) is 2.38. The van der Waals surface area contributed by atoms with Crippen LogP contribution in [-0.4, -0.2) is 17.1 Å². The number of nitrogens with zero attached hydrogens (tertiary/aromatic N) is 4. The molecule has 118 valence electrons. The van der Waals surface area contributed by atoms with Crippen molar-refractivity contribution in [2.24, 2.45) is 0 Å². The molecule has 0 aromatic carbocycles. The molecule has 0 bridgehead atoms. The average Bonchev–Trinajstić information content (AvgIpc) is 2.46. The molecule has 0 aliphatic heterocycles. The van der Waals surface area contributed by atoms with Crippen molar-refractivity contribution in [2.75, 3.05) is 7.11 Å². The Morgan fingerprint density at radius 2 is 1.52 bits per heavy atom. The summed E-state index contributed by atoms with van der Waals surface area (Å²) in [6, 6.07) is 7.20. The van der Waals surface area contributed by atoms with Crippen molar-refractivity contribution in [1.29, 1.82) is 10.5 Å². The summed E-state index contributed by atoms with van der Waals surface area (Å²) in [7, 11) is 1.49. The molecule has 2 aromatic heterocycles. The average molecular weight is 349 g/mol. The van der Waals surface area contributed by atoms with Gasteiger partial charge in [0.05, 0.1) is 29.1 Å². The molecule has 2 rings (SSSR count). The van der Waals surface area contributed by atoms with E-state index in [0.29, 0.717) is 38.4 Å². The Morgan fingerprint density at radius 3 is 2.00 bits per heavy atom. The summed E-state index contributed by atoms with van der Waals surface area (Å²) in [6.07, 6.45) is 0. The summed E-state index contributed by atoms with van der Waals surface area (Å²) in [5, 5.41) is 18.1. The number of ether oxygens (including phenoxy) is 1. The number of aryl methyl sites for hydroxylation is 3. The van der Waals surface area contributed by atoms with E-state index in [2.05, 4.69) is 9.97 Å². The van der Waals surface area contributed by atoms with E-state index in [9.17, 15) is 0 Å². The van der Waals surface area contributed by atoms with Crippen molar-refractivity contribution in [3.63, 3.8) is 0 Å². The quantitative estimate of drug-likeness (QED) is 0.723. The Morgan fingerprint density at radius 1 is 0.957 bits per heavy atom. The van der Waals surface area contributed by atoms with Crippen LogP contribution in [0.15, 0.2) is 12.1 Å². The van der Waals surface area contributed by atoms with Gasteiger partial charge in [-0.15, -0.1) is 0 Å². The number of methoxy groups -OCH3 is 1. The largest absolute Gasteiger partial charge is 0.495 e. The first-order valence-electron chi connectivity index (χ1n) is 6.49. The van der Waals surface area contributed by atoms with Crippen LogP contribution in [0.2, 0.25) is 10.2 Å². The lowest BCUT2D eigenvalue weighted by Crippen LogP contribution is -1.94. The number of halogens is 2. The van der Waals surface area contributed by atoms with E-state index >= 15 is 0 Å². The first-order chi connectivity index (χ1) is 10.8. The molecule has 0 aliphatic rings. The minimum absolute atomic E-state index is 0.336. The second-order valence-corrected chi connectivity index (χ2v) is 5.33. The molecule has 0 N–H and O–H groups in total. The van der Waals surface area contributed by atoms with Gasteiger partial charge in [0, 0.05) is 11.8 Å². The Bertz CT molecular complexity index is 784. The molecular formula is C16H14Cl2N4O. The fourth-order valence-electron chi connectivity index (χ4n) is 1.82. The number of hydrogen-bond acceptors (Lipinski definition) is 5. The molecule has 0 spiro atoms. The molecule has 2 heterocycles. The summed E-state index contributed by atoms with van der Waals surface area (Å²) >= 11 is 11.4. The van der Waals surface area contributed by atoms with E-state index in [0.717, 1.165) is 5.69 Å². The first kappa shape index (κ1) is 18.7. The number of hydrogen-bond donors (Lipinski definition) is 0. The molecule has 0 radical (unpaired) electrons. The summed E-state index contributed by atoms with van der Waals surface area (Å²) in [4.78, 5) is 8.01. The maximum atomic E-state index is 8.71. The number of pyridine rings is 2. The lowest BCUT2D eigenvalue weighted by atomic mass is 10.2. The van der Waals surface area contributed by atoms with Crippen LogP contribution >= 0.6 is 23.2 Å². The van der Waals surface area contributed by atoms with Gasteiger partial charge in [-0.3, -0.25) is 4.98 Å². The first-order valence-corrected chi connectivity index (χ1v) is 7.24. The fraction of sp³-hybridized carbons (Fsp3) is 0.250. The zero-order valence-corrected chi connectivity index (χ0v) is 14.6. The molecule has 2 aromatic rings. The molecular weight excluding hydrogens is 335 g/mol. The SMILES string of the molecule is COc1cc(Cl)nc(C)c1C#N.Cc1cc(Cl)c(C#N)c(C)n1. The Kier molecular flexibility index (Phi) is 6.78. The zero-order chi connectivity index (χ0) is 17.6. The second kappa shape index (κ2) is 8.33. The van der Waals surface area contributed by atoms with Crippen LogP contribution in [0.3, 0.4) is 0 Å². The van der Waals surface area contributed by atoms with Gasteiger partial charge in [-0.05, 0) is 26.8 Å². The molecule has 5 nitrogen and oxygen atoms in total. The van der Waals surface area contributed by atoms with Gasteiger partial charge in [-0.25, -0.2) is 4.98 Å². The van der Waals surface area contributed by atoms with Gasteiger partial charge in [0.25, 0.3) is 0 Å². The zero-order valence-electron chi connectivity index (χ0n) is 13.1. The molecule has 0 aliphatic carbocycles. The highest BCUT2D eigenvalue weighted by Gasteiger charge is 2.08. The van der Waals surface area contributed by atoms with Crippen LogP contribution in [0.4, 0.5) is 0 Å². The highest BCUT2D eigenvalue weighted by molar-refractivity contribution is 6.31. The lowest BCUT2D eigenvalue weighted by molar-refractivity contribution is 0.412. The maximum absolute atomic E-state index is 8.71. The van der Waals surface area contributed by atoms with Crippen molar-refractivity contribution in [3.8, 4) is 17.9 Å². The van der Waals surface area contributed by atoms with E-state index in [1.165, 1.54) is 13.2 Å². The second-order valence-electron chi connectivity index (χ2n) is 4.54. The van der Waals surface area contributed by atoms with Gasteiger partial charge in [-0.2, -0.15) is 10.5 Å². The molecule has 0 fully saturated rings. The topological polar surface area (TPSA) is 82.6 Å². The predicted octanol–water partition coefficient (Wildman–Crippen LogP) is 4.15. The summed E-state index contributed by atoms with van der Waals surface area (Å²) in [5.74, 6) is 0.468. The van der Waals surface area contributed by atoms with Crippen molar-refractivity contribution >= 4 is 23.2 Å². The number of aromatic nitrogens is 2. The highest BCUT2D eigenvalue weighted by atomic mass is 35.5. The monoisotopic (exact) mass is 348 g/mol. The van der Waals surface area contributed by atoms with Gasteiger partial charge in [0.1, 0.15) is 28.6 Å². The molecule has 0 amide bonds. The third-order valence-electron chi connectivity index (χ3n) is 2.86. The lowest BCUT2D eigenvalue weighted by Gasteiger charge is -2.04. The molecule has 7 heteroatoms. The van der Waals surface area contributed by atoms with Crippen LogP contribution in [-0.2, 0) is 0 Å². The summed E-state index contributed by atoms with van der Waals surface area (Å²) < 4.78 is 4.95. The van der Waals surface area contributed by atoms with Crippen molar-refractivity contribution in [2.45, 2.75) is 20.8 Å². The van der Waals surface area contributed by atoms with E-state index in [-0.39, 0.29) is 0 Å². The number of nitriles is 2. The van der Waals surface area contributed by atoms with Gasteiger partial charge in [0.15, 0.2) is 0 Å². The van der Waals surface area contributed by atoms with Gasteiger partial charge >= 0.3 is 0 Å². The molecule has 0 unspecified atom stereocenters. The van der Waals surface area contributed by atoms with Crippen LogP contribution in [0.5, 0.6) is 5.75 Å². The van der Waals surface area contributed by atoms with Crippen LogP contribution in [0.25, 0.3) is 0 Å². The third-order valence-corrected chi connectivity index (χ3v) is 3.35. The number of rotatable bonds is 1. The van der Waals surface area contributed by atoms with Crippen molar-refractivity contribution < 1.29 is 4.74 Å². The van der Waals surface area contributed by atoms with E-state index in [1.807, 2.05) is 19.1 Å². The van der Waals surface area contributed by atoms with Gasteiger partial charge < -0.3 is 4.74 Å². The van der Waals surface area contributed by atoms with E-state index in [4.69, 9.17) is 38.5 Å². The smallest absolute Gasteiger partial charge is 0.141 e. The molecule has 0 atom stereocenters. The normalized spacial score (nSPS) is 9.22. The van der Waals surface area contributed by atoms with Gasteiger partial charge in [0.2, 0.25) is 0 Å². The standard InChI is InChI=1S/C8H7ClN2O.C8H7ClN2/c1-5-6(4-10)7(12-2)3-8(9)11-5;1-5-3-8(9)7(4-10)6(2)11-5/h3H,1-2H3;3H,1-2H3. The van der Waals surface area contributed by atoms with Crippen LogP contribution in [0, 0.1) is 43.4 Å². The predicted molar refractivity (Wildman–Crippen MR) is 88.7 cm³/mol. The van der Waals surface area contributed by atoms with Crippen molar-refractivity contribution in [1.82, 2.24) is 9.97 Å². The van der Waals surface area contributed by atoms with E-state index in [1.54, 1.807) is 19.9 Å². The molecule has 0 saturated heterocycles.